The zero-order valence-corrected chi connectivity index (χ0v) is 15.8. The van der Waals surface area contributed by atoms with E-state index in [1.54, 1.807) is 6.92 Å². The van der Waals surface area contributed by atoms with Gasteiger partial charge in [-0.15, -0.1) is 0 Å². The van der Waals surface area contributed by atoms with Crippen LogP contribution in [0.25, 0.3) is 0 Å². The van der Waals surface area contributed by atoms with Gasteiger partial charge in [-0.2, -0.15) is 17.6 Å². The molecule has 2 amide bonds. The van der Waals surface area contributed by atoms with E-state index >= 15 is 0 Å². The first-order chi connectivity index (χ1) is 13.7. The van der Waals surface area contributed by atoms with Crippen molar-refractivity contribution in [3.63, 3.8) is 0 Å². The van der Waals surface area contributed by atoms with E-state index in [9.17, 15) is 22.4 Å². The number of hydrogen-bond acceptors (Lipinski definition) is 5. The fraction of sp³-hybridized carbons (Fsp3) is 0.389. The summed E-state index contributed by atoms with van der Waals surface area (Å²) in [5.41, 5.74) is -0.693. The Bertz CT molecular complexity index is 800. The SMILES string of the molecule is COC1=CC(C)(NC(=O)Nc2ccc(OC(F)F)c(OC)c2)CC=C1OC(F)F. The lowest BCUT2D eigenvalue weighted by atomic mass is 9.92. The Morgan fingerprint density at radius 1 is 1.03 bits per heavy atom. The average molecular weight is 420 g/mol. The number of carbonyl (C=O) groups excluding carboxylic acids is 1. The number of carbonyl (C=O) groups is 1. The van der Waals surface area contributed by atoms with E-state index in [1.165, 1.54) is 44.6 Å². The number of amides is 2. The van der Waals surface area contributed by atoms with E-state index in [0.29, 0.717) is 0 Å². The van der Waals surface area contributed by atoms with Crippen molar-refractivity contribution in [3.8, 4) is 11.5 Å². The fourth-order valence-corrected chi connectivity index (χ4v) is 2.63. The van der Waals surface area contributed by atoms with Gasteiger partial charge in [0, 0.05) is 11.8 Å². The second-order valence-electron chi connectivity index (χ2n) is 6.10. The first-order valence-electron chi connectivity index (χ1n) is 8.30. The number of benzene rings is 1. The molecule has 7 nitrogen and oxygen atoms in total. The Labute approximate surface area is 164 Å². The molecule has 11 heteroatoms. The summed E-state index contributed by atoms with van der Waals surface area (Å²) in [5, 5.41) is 5.21. The van der Waals surface area contributed by atoms with Crippen LogP contribution >= 0.6 is 0 Å². The van der Waals surface area contributed by atoms with Crippen molar-refractivity contribution in [2.24, 2.45) is 0 Å². The Morgan fingerprint density at radius 2 is 1.72 bits per heavy atom. The van der Waals surface area contributed by atoms with Gasteiger partial charge in [-0.25, -0.2) is 4.79 Å². The lowest BCUT2D eigenvalue weighted by Gasteiger charge is -2.31. The number of anilines is 1. The van der Waals surface area contributed by atoms with Gasteiger partial charge in [0.05, 0.1) is 19.8 Å². The molecule has 0 heterocycles. The predicted molar refractivity (Wildman–Crippen MR) is 95.1 cm³/mol. The molecule has 1 atom stereocenters. The van der Waals surface area contributed by atoms with Crippen molar-refractivity contribution in [2.75, 3.05) is 19.5 Å². The number of halogens is 4. The molecule has 2 N–H and O–H groups in total. The molecule has 1 aliphatic rings. The molecular weight excluding hydrogens is 400 g/mol. The summed E-state index contributed by atoms with van der Waals surface area (Å²) in [5.74, 6) is -0.251. The van der Waals surface area contributed by atoms with E-state index in [4.69, 9.17) is 9.47 Å². The van der Waals surface area contributed by atoms with Crippen molar-refractivity contribution >= 4 is 11.7 Å². The largest absolute Gasteiger partial charge is 0.493 e. The second-order valence-corrected chi connectivity index (χ2v) is 6.10. The summed E-state index contributed by atoms with van der Waals surface area (Å²) >= 11 is 0. The fourth-order valence-electron chi connectivity index (χ4n) is 2.63. The molecule has 160 valence electrons. The summed E-state index contributed by atoms with van der Waals surface area (Å²) in [6.45, 7) is -4.38. The highest BCUT2D eigenvalue weighted by Crippen LogP contribution is 2.32. The van der Waals surface area contributed by atoms with Crippen molar-refractivity contribution in [1.82, 2.24) is 5.32 Å². The van der Waals surface area contributed by atoms with Crippen LogP contribution in [0, 0.1) is 0 Å². The molecule has 0 radical (unpaired) electrons. The van der Waals surface area contributed by atoms with Crippen LogP contribution < -0.4 is 20.1 Å². The number of nitrogens with one attached hydrogen (secondary N) is 2. The minimum absolute atomic E-state index is 0.00488. The first-order valence-corrected chi connectivity index (χ1v) is 8.30. The van der Waals surface area contributed by atoms with Gasteiger partial charge in [-0.1, -0.05) is 0 Å². The van der Waals surface area contributed by atoms with Gasteiger partial charge in [-0.05, 0) is 37.6 Å². The van der Waals surface area contributed by atoms with Crippen LogP contribution in [0.4, 0.5) is 28.0 Å². The van der Waals surface area contributed by atoms with Crippen molar-refractivity contribution in [2.45, 2.75) is 32.1 Å². The maximum atomic E-state index is 12.4. The van der Waals surface area contributed by atoms with Crippen molar-refractivity contribution in [1.29, 1.82) is 0 Å². The molecule has 2 rings (SSSR count). The minimum Gasteiger partial charge on any atom is -0.493 e. The minimum atomic E-state index is -3.02. The van der Waals surface area contributed by atoms with E-state index in [0.717, 1.165) is 0 Å². The molecule has 0 saturated carbocycles. The van der Waals surface area contributed by atoms with Gasteiger partial charge in [-0.3, -0.25) is 0 Å². The molecule has 0 saturated heterocycles. The van der Waals surface area contributed by atoms with E-state index in [-0.39, 0.29) is 35.1 Å². The second kappa shape index (κ2) is 9.39. The van der Waals surface area contributed by atoms with Gasteiger partial charge >= 0.3 is 19.3 Å². The van der Waals surface area contributed by atoms with Crippen LogP contribution in [0.1, 0.15) is 13.3 Å². The molecule has 0 bridgehead atoms. The zero-order chi connectivity index (χ0) is 21.6. The Hall–Kier alpha value is -3.11. The third-order valence-corrected chi connectivity index (χ3v) is 3.88. The van der Waals surface area contributed by atoms with Crippen LogP contribution in [0.5, 0.6) is 11.5 Å². The van der Waals surface area contributed by atoms with Crippen LogP contribution in [-0.4, -0.2) is 39.0 Å². The molecule has 1 aliphatic carbocycles. The number of methoxy groups -OCH3 is 2. The van der Waals surface area contributed by atoms with Gasteiger partial charge in [0.15, 0.2) is 23.0 Å². The maximum absolute atomic E-state index is 12.4. The highest BCUT2D eigenvalue weighted by atomic mass is 19.3. The highest BCUT2D eigenvalue weighted by molar-refractivity contribution is 5.90. The molecule has 0 aliphatic heterocycles. The summed E-state index contributed by atoms with van der Waals surface area (Å²) < 4.78 is 68.4. The Kier molecular flexibility index (Phi) is 7.18. The summed E-state index contributed by atoms with van der Waals surface area (Å²) in [7, 11) is 2.55. The lowest BCUT2D eigenvalue weighted by molar-refractivity contribution is -0.0986. The Morgan fingerprint density at radius 3 is 2.31 bits per heavy atom. The molecule has 0 fully saturated rings. The van der Waals surface area contributed by atoms with Crippen LogP contribution in [0.2, 0.25) is 0 Å². The topological polar surface area (TPSA) is 78.1 Å². The van der Waals surface area contributed by atoms with Crippen LogP contribution in [-0.2, 0) is 9.47 Å². The standard InChI is InChI=1S/C18H20F4N2O5/c1-18(7-6-12(29-16(21)22)14(9-18)27-3)24-17(25)23-10-4-5-11(28-15(19)20)13(8-10)26-2/h4-6,8-9,15-16H,7H2,1-3H3,(H2,23,24,25). The zero-order valence-electron chi connectivity index (χ0n) is 15.8. The first kappa shape index (κ1) is 22.2. The van der Waals surface area contributed by atoms with Crippen LogP contribution in [0.3, 0.4) is 0 Å². The maximum Gasteiger partial charge on any atom is 0.387 e. The number of hydrogen-bond donors (Lipinski definition) is 2. The van der Waals surface area contributed by atoms with E-state index in [1.807, 2.05) is 0 Å². The van der Waals surface area contributed by atoms with Gasteiger partial charge in [0.1, 0.15) is 0 Å². The number of alkyl halides is 4. The Balaban J connectivity index is 2.07. The van der Waals surface area contributed by atoms with Gasteiger partial charge in [0.25, 0.3) is 0 Å². The monoisotopic (exact) mass is 420 g/mol. The molecule has 1 aromatic rings. The third-order valence-electron chi connectivity index (χ3n) is 3.88. The normalized spacial score (nSPS) is 18.7. The average Bonchev–Trinajstić information content (AvgIpc) is 2.63. The van der Waals surface area contributed by atoms with Crippen molar-refractivity contribution in [3.05, 3.63) is 41.9 Å². The predicted octanol–water partition coefficient (Wildman–Crippen LogP) is 4.23. The molecule has 0 aromatic heterocycles. The molecule has 1 unspecified atom stereocenters. The van der Waals surface area contributed by atoms with E-state index < -0.39 is 24.8 Å². The summed E-state index contributed by atoms with van der Waals surface area (Å²) in [6.07, 6.45) is 3.00. The van der Waals surface area contributed by atoms with E-state index in [2.05, 4.69) is 20.1 Å². The summed E-state index contributed by atoms with van der Waals surface area (Å²) in [6, 6.07) is 3.26. The van der Waals surface area contributed by atoms with Gasteiger partial charge in [0.2, 0.25) is 0 Å². The number of rotatable bonds is 8. The molecule has 0 spiro atoms. The molecule has 29 heavy (non-hydrogen) atoms. The third kappa shape index (κ3) is 6.19. The number of urea groups is 1. The lowest BCUT2D eigenvalue weighted by Crippen LogP contribution is -2.47. The number of ether oxygens (including phenoxy) is 4. The summed E-state index contributed by atoms with van der Waals surface area (Å²) in [4.78, 5) is 12.3. The van der Waals surface area contributed by atoms with Crippen LogP contribution in [0.15, 0.2) is 41.9 Å². The smallest absolute Gasteiger partial charge is 0.387 e. The molecule has 1 aromatic carbocycles. The van der Waals surface area contributed by atoms with Gasteiger partial charge < -0.3 is 29.6 Å². The van der Waals surface area contributed by atoms with Crippen molar-refractivity contribution < 1.29 is 41.3 Å². The quantitative estimate of drug-likeness (QED) is 0.616. The molecular formula is C18H20F4N2O5. The highest BCUT2D eigenvalue weighted by Gasteiger charge is 2.30.